The van der Waals surface area contributed by atoms with E-state index in [1.807, 2.05) is 41.4 Å². The molecule has 1 heterocycles. The molecule has 4 aromatic rings. The van der Waals surface area contributed by atoms with E-state index in [0.717, 1.165) is 34.9 Å². The highest BCUT2D eigenvalue weighted by Crippen LogP contribution is 2.24. The first-order valence-corrected chi connectivity index (χ1v) is 11.4. The average Bonchev–Trinajstić information content (AvgIpc) is 3.27. The Morgan fingerprint density at radius 3 is 2.31 bits per heavy atom. The van der Waals surface area contributed by atoms with Crippen LogP contribution in [0.4, 0.5) is 0 Å². The SMILES string of the molecule is CC(C)(C)c1ccc(CN(CCCc2ccccc2)C(=O)c2cccc3cc[nH]c23)cc1. The molecule has 0 fully saturated rings. The number of nitrogens with zero attached hydrogens (tertiary/aromatic N) is 1. The molecule has 0 atom stereocenters. The summed E-state index contributed by atoms with van der Waals surface area (Å²) < 4.78 is 0. The van der Waals surface area contributed by atoms with Crippen LogP contribution in [-0.4, -0.2) is 22.3 Å². The van der Waals surface area contributed by atoms with E-state index in [9.17, 15) is 4.79 Å². The van der Waals surface area contributed by atoms with E-state index in [1.165, 1.54) is 11.1 Å². The Balaban J connectivity index is 1.55. The molecule has 1 N–H and O–H groups in total. The lowest BCUT2D eigenvalue weighted by Gasteiger charge is -2.24. The maximum atomic E-state index is 13.6. The Morgan fingerprint density at radius 1 is 0.844 bits per heavy atom. The lowest BCUT2D eigenvalue weighted by atomic mass is 9.87. The van der Waals surface area contributed by atoms with E-state index in [1.54, 1.807) is 0 Å². The minimum Gasteiger partial charge on any atom is -0.361 e. The van der Waals surface area contributed by atoms with Crippen molar-refractivity contribution in [2.24, 2.45) is 0 Å². The Bertz CT molecular complexity index is 1170. The fraction of sp³-hybridized carbons (Fsp3) is 0.276. The molecule has 1 aromatic heterocycles. The monoisotopic (exact) mass is 424 g/mol. The number of H-pyrrole nitrogens is 1. The van der Waals surface area contributed by atoms with Crippen molar-refractivity contribution >= 4 is 16.8 Å². The number of fused-ring (bicyclic) bond motifs is 1. The summed E-state index contributed by atoms with van der Waals surface area (Å²) in [6.45, 7) is 7.98. The van der Waals surface area contributed by atoms with Crippen LogP contribution in [0.15, 0.2) is 85.1 Å². The fourth-order valence-corrected chi connectivity index (χ4v) is 4.14. The van der Waals surface area contributed by atoms with Gasteiger partial charge in [-0.3, -0.25) is 4.79 Å². The Labute approximate surface area is 191 Å². The van der Waals surface area contributed by atoms with Gasteiger partial charge in [0.2, 0.25) is 0 Å². The molecule has 4 rings (SSSR count). The van der Waals surface area contributed by atoms with Crippen LogP contribution >= 0.6 is 0 Å². The number of carbonyl (C=O) groups is 1. The third-order valence-corrected chi connectivity index (χ3v) is 6.03. The van der Waals surface area contributed by atoms with Gasteiger partial charge in [0.05, 0.1) is 11.1 Å². The lowest BCUT2D eigenvalue weighted by Crippen LogP contribution is -2.32. The Kier molecular flexibility index (Phi) is 6.45. The van der Waals surface area contributed by atoms with Gasteiger partial charge in [-0.05, 0) is 47.1 Å². The van der Waals surface area contributed by atoms with Crippen molar-refractivity contribution in [1.29, 1.82) is 0 Å². The zero-order valence-electron chi connectivity index (χ0n) is 19.3. The molecular weight excluding hydrogens is 392 g/mol. The van der Waals surface area contributed by atoms with Gasteiger partial charge in [0.1, 0.15) is 0 Å². The van der Waals surface area contributed by atoms with Crippen LogP contribution in [0.2, 0.25) is 0 Å². The number of hydrogen-bond acceptors (Lipinski definition) is 1. The van der Waals surface area contributed by atoms with Crippen LogP contribution < -0.4 is 0 Å². The highest BCUT2D eigenvalue weighted by atomic mass is 16.2. The molecule has 3 aromatic carbocycles. The summed E-state index contributed by atoms with van der Waals surface area (Å²) in [5, 5.41) is 1.06. The van der Waals surface area contributed by atoms with Gasteiger partial charge in [0.25, 0.3) is 5.91 Å². The van der Waals surface area contributed by atoms with Crippen molar-refractivity contribution in [1.82, 2.24) is 9.88 Å². The maximum absolute atomic E-state index is 13.6. The third kappa shape index (κ3) is 5.11. The number of benzene rings is 3. The van der Waals surface area contributed by atoms with Crippen LogP contribution in [0, 0.1) is 0 Å². The predicted octanol–water partition coefficient (Wildman–Crippen LogP) is 6.74. The summed E-state index contributed by atoms with van der Waals surface area (Å²) in [4.78, 5) is 18.9. The van der Waals surface area contributed by atoms with Crippen LogP contribution in [0.3, 0.4) is 0 Å². The van der Waals surface area contributed by atoms with Gasteiger partial charge in [0, 0.05) is 24.7 Å². The Morgan fingerprint density at radius 2 is 1.59 bits per heavy atom. The van der Waals surface area contributed by atoms with Crippen LogP contribution in [0.1, 0.15) is 54.2 Å². The molecule has 0 saturated heterocycles. The number of rotatable bonds is 7. The number of aromatic amines is 1. The largest absolute Gasteiger partial charge is 0.361 e. The van der Waals surface area contributed by atoms with E-state index in [4.69, 9.17) is 0 Å². The molecule has 0 radical (unpaired) electrons. The van der Waals surface area contributed by atoms with Gasteiger partial charge in [-0.1, -0.05) is 87.5 Å². The van der Waals surface area contributed by atoms with Gasteiger partial charge in [0.15, 0.2) is 0 Å². The summed E-state index contributed by atoms with van der Waals surface area (Å²) in [5.74, 6) is 0.0750. The smallest absolute Gasteiger partial charge is 0.256 e. The highest BCUT2D eigenvalue weighted by Gasteiger charge is 2.19. The van der Waals surface area contributed by atoms with Gasteiger partial charge < -0.3 is 9.88 Å². The summed E-state index contributed by atoms with van der Waals surface area (Å²) in [7, 11) is 0. The molecule has 3 heteroatoms. The second kappa shape index (κ2) is 9.44. The number of amides is 1. The summed E-state index contributed by atoms with van der Waals surface area (Å²) in [6.07, 6.45) is 3.78. The zero-order chi connectivity index (χ0) is 22.6. The number of hydrogen-bond donors (Lipinski definition) is 1. The van der Waals surface area contributed by atoms with Crippen LogP contribution in [-0.2, 0) is 18.4 Å². The second-order valence-electron chi connectivity index (χ2n) is 9.51. The lowest BCUT2D eigenvalue weighted by molar-refractivity contribution is 0.0743. The average molecular weight is 425 g/mol. The maximum Gasteiger partial charge on any atom is 0.256 e. The van der Waals surface area contributed by atoms with E-state index < -0.39 is 0 Å². The minimum atomic E-state index is 0.0750. The first kappa shape index (κ1) is 21.9. The van der Waals surface area contributed by atoms with Crippen molar-refractivity contribution in [3.8, 4) is 0 Å². The first-order valence-electron chi connectivity index (χ1n) is 11.4. The van der Waals surface area contributed by atoms with Crippen LogP contribution in [0.25, 0.3) is 10.9 Å². The zero-order valence-corrected chi connectivity index (χ0v) is 19.3. The number of aryl methyl sites for hydroxylation is 1. The third-order valence-electron chi connectivity index (χ3n) is 6.03. The summed E-state index contributed by atoms with van der Waals surface area (Å²) >= 11 is 0. The fourth-order valence-electron chi connectivity index (χ4n) is 4.14. The van der Waals surface area contributed by atoms with E-state index in [0.29, 0.717) is 13.1 Å². The van der Waals surface area contributed by atoms with Crippen molar-refractivity contribution < 1.29 is 4.79 Å². The second-order valence-corrected chi connectivity index (χ2v) is 9.51. The molecule has 0 unspecified atom stereocenters. The predicted molar refractivity (Wildman–Crippen MR) is 133 cm³/mol. The highest BCUT2D eigenvalue weighted by molar-refractivity contribution is 6.05. The minimum absolute atomic E-state index is 0.0750. The van der Waals surface area contributed by atoms with Crippen molar-refractivity contribution in [3.63, 3.8) is 0 Å². The van der Waals surface area contributed by atoms with Gasteiger partial charge in [-0.2, -0.15) is 0 Å². The first-order chi connectivity index (χ1) is 15.4. The van der Waals surface area contributed by atoms with Gasteiger partial charge in [-0.25, -0.2) is 0 Å². The Hall–Kier alpha value is -3.33. The van der Waals surface area contributed by atoms with E-state index in [2.05, 4.69) is 74.3 Å². The topological polar surface area (TPSA) is 36.1 Å². The van der Waals surface area contributed by atoms with Crippen molar-refractivity contribution in [2.45, 2.75) is 45.6 Å². The molecule has 164 valence electrons. The standard InChI is InChI=1S/C29H32N2O/c1-29(2,3)25-16-14-23(15-17-25)21-31(20-8-11-22-9-5-4-6-10-22)28(32)26-13-7-12-24-18-19-30-27(24)26/h4-7,9-10,12-19,30H,8,11,20-21H2,1-3H3. The molecule has 0 aliphatic heterocycles. The number of nitrogens with one attached hydrogen (secondary N) is 1. The summed E-state index contributed by atoms with van der Waals surface area (Å²) in [6, 6.07) is 27.1. The van der Waals surface area contributed by atoms with E-state index in [-0.39, 0.29) is 11.3 Å². The molecule has 0 aliphatic carbocycles. The van der Waals surface area contributed by atoms with Crippen LogP contribution in [0.5, 0.6) is 0 Å². The molecule has 0 aliphatic rings. The molecule has 3 nitrogen and oxygen atoms in total. The molecule has 0 spiro atoms. The number of para-hydroxylation sites is 1. The molecule has 1 amide bonds. The number of carbonyl (C=O) groups excluding carboxylic acids is 1. The van der Waals surface area contributed by atoms with Gasteiger partial charge in [-0.15, -0.1) is 0 Å². The molecule has 0 bridgehead atoms. The number of aromatic nitrogens is 1. The van der Waals surface area contributed by atoms with Gasteiger partial charge >= 0.3 is 0 Å². The molecular formula is C29H32N2O. The normalized spacial score (nSPS) is 11.6. The quantitative estimate of drug-likeness (QED) is 0.350. The van der Waals surface area contributed by atoms with Crippen molar-refractivity contribution in [3.05, 3.63) is 107 Å². The van der Waals surface area contributed by atoms with E-state index >= 15 is 0 Å². The summed E-state index contributed by atoms with van der Waals surface area (Å²) in [5.41, 5.74) is 5.53. The van der Waals surface area contributed by atoms with Crippen molar-refractivity contribution in [2.75, 3.05) is 6.54 Å². The molecule has 32 heavy (non-hydrogen) atoms. The molecule has 0 saturated carbocycles.